The third-order valence-electron chi connectivity index (χ3n) is 5.72. The number of aryl methyl sites for hydroxylation is 1. The maximum absolute atomic E-state index is 13.2. The van der Waals surface area contributed by atoms with Crippen LogP contribution < -0.4 is 20.8 Å². The summed E-state index contributed by atoms with van der Waals surface area (Å²) in [6, 6.07) is 24.4. The van der Waals surface area contributed by atoms with Crippen molar-refractivity contribution in [3.63, 3.8) is 0 Å². The molecule has 3 aromatic carbocycles. The Morgan fingerprint density at radius 3 is 2.45 bits per heavy atom. The molecule has 0 spiro atoms. The van der Waals surface area contributed by atoms with Gasteiger partial charge in [0.2, 0.25) is 0 Å². The minimum Gasteiger partial charge on any atom is -0.378 e. The van der Waals surface area contributed by atoms with Crippen molar-refractivity contribution in [3.8, 4) is 0 Å². The van der Waals surface area contributed by atoms with Crippen molar-refractivity contribution in [3.05, 3.63) is 100 Å². The minimum atomic E-state index is -0.410. The summed E-state index contributed by atoms with van der Waals surface area (Å²) >= 11 is 1.52. The Bertz CT molecular complexity index is 1350. The second-order valence-electron chi connectivity index (χ2n) is 8.33. The lowest BCUT2D eigenvalue weighted by atomic mass is 10.1. The highest BCUT2D eigenvalue weighted by molar-refractivity contribution is 8.13. The Morgan fingerprint density at radius 2 is 1.73 bits per heavy atom. The van der Waals surface area contributed by atoms with Crippen LogP contribution in [0, 0.1) is 6.92 Å². The number of hydrogen-bond donors (Lipinski definition) is 1. The summed E-state index contributed by atoms with van der Waals surface area (Å²) in [5, 5.41) is 11.8. The summed E-state index contributed by atoms with van der Waals surface area (Å²) in [5.41, 5.74) is 5.02. The van der Waals surface area contributed by atoms with E-state index in [0.29, 0.717) is 10.9 Å². The lowest BCUT2D eigenvalue weighted by Gasteiger charge is -2.34. The number of anilines is 1. The number of nitrogens with zero attached hydrogens (tertiary/aromatic N) is 4. The number of para-hydroxylation sites is 1. The van der Waals surface area contributed by atoms with E-state index in [2.05, 4.69) is 65.7 Å². The summed E-state index contributed by atoms with van der Waals surface area (Å²) in [7, 11) is 4.03. The summed E-state index contributed by atoms with van der Waals surface area (Å²) < 4.78 is 0. The number of benzene rings is 3. The molecule has 1 amide bonds. The zero-order valence-electron chi connectivity index (χ0n) is 18.8. The summed E-state index contributed by atoms with van der Waals surface area (Å²) in [4.78, 5) is 20.3. The highest BCUT2D eigenvalue weighted by atomic mass is 32.2. The first-order valence-corrected chi connectivity index (χ1v) is 11.8. The van der Waals surface area contributed by atoms with E-state index < -0.39 is 6.17 Å². The van der Waals surface area contributed by atoms with Gasteiger partial charge in [-0.05, 0) is 36.2 Å². The zero-order chi connectivity index (χ0) is 22.9. The average Bonchev–Trinajstić information content (AvgIpc) is 2.83. The van der Waals surface area contributed by atoms with Crippen molar-refractivity contribution in [2.24, 2.45) is 10.1 Å². The summed E-state index contributed by atoms with van der Waals surface area (Å²) in [5.74, 6) is 0.562. The van der Waals surface area contributed by atoms with Gasteiger partial charge in [-0.15, -0.1) is 5.10 Å². The molecular weight excluding hydrogens is 430 g/mol. The van der Waals surface area contributed by atoms with Crippen LogP contribution in [0.4, 0.5) is 5.69 Å². The summed E-state index contributed by atoms with van der Waals surface area (Å²) in [6.07, 6.45) is -0.410. The monoisotopic (exact) mass is 455 g/mol. The maximum atomic E-state index is 13.2. The Labute approximate surface area is 197 Å². The van der Waals surface area contributed by atoms with Gasteiger partial charge in [0.1, 0.15) is 5.70 Å². The van der Waals surface area contributed by atoms with Gasteiger partial charge in [0.05, 0.1) is 5.36 Å². The molecular formula is C26H25N5OS. The largest absolute Gasteiger partial charge is 0.378 e. The smallest absolute Gasteiger partial charge is 0.276 e. The molecule has 0 fully saturated rings. The number of fused-ring (bicyclic) bond motifs is 2. The molecule has 0 bridgehead atoms. The Hall–Kier alpha value is -3.58. The van der Waals surface area contributed by atoms with Crippen molar-refractivity contribution in [1.29, 1.82) is 0 Å². The van der Waals surface area contributed by atoms with Crippen LogP contribution in [0.2, 0.25) is 0 Å². The highest BCUT2D eigenvalue weighted by Gasteiger charge is 2.34. The normalized spacial score (nSPS) is 16.9. The van der Waals surface area contributed by atoms with Crippen LogP contribution in [-0.2, 0) is 10.5 Å². The molecule has 2 aliphatic rings. The van der Waals surface area contributed by atoms with Crippen LogP contribution in [0.3, 0.4) is 0 Å². The van der Waals surface area contributed by atoms with E-state index in [0.717, 1.165) is 27.6 Å². The van der Waals surface area contributed by atoms with Crippen LogP contribution >= 0.6 is 11.8 Å². The van der Waals surface area contributed by atoms with Crippen molar-refractivity contribution in [2.45, 2.75) is 18.8 Å². The number of hydrazone groups is 1. The predicted octanol–water partition coefficient (Wildman–Crippen LogP) is 3.14. The van der Waals surface area contributed by atoms with E-state index in [1.54, 1.807) is 5.01 Å². The van der Waals surface area contributed by atoms with E-state index in [-0.39, 0.29) is 5.91 Å². The highest BCUT2D eigenvalue weighted by Crippen LogP contribution is 2.32. The van der Waals surface area contributed by atoms with Gasteiger partial charge < -0.3 is 4.90 Å². The zero-order valence-corrected chi connectivity index (χ0v) is 19.6. The molecule has 7 heteroatoms. The number of carbonyl (C=O) groups excluding carboxylic acids is 1. The van der Waals surface area contributed by atoms with Gasteiger partial charge in [0.25, 0.3) is 5.91 Å². The lowest BCUT2D eigenvalue weighted by Crippen LogP contribution is -2.50. The van der Waals surface area contributed by atoms with Crippen LogP contribution in [-0.4, -0.2) is 30.2 Å². The standard InChI is InChI=1S/C26H25N5OS/c1-17-8-10-18(11-9-17)16-33-26-28-25(32)23-21-6-4-5-7-22(21)27-24(31(23)29-26)19-12-14-20(15-13-19)30(2)3/h4-15,24H,16H2,1-3H3,(H,28,29,32)/t24-/m1/s1. The van der Waals surface area contributed by atoms with Crippen LogP contribution in [0.15, 0.2) is 82.9 Å². The predicted molar refractivity (Wildman–Crippen MR) is 134 cm³/mol. The van der Waals surface area contributed by atoms with Crippen molar-refractivity contribution < 1.29 is 4.79 Å². The van der Waals surface area contributed by atoms with E-state index in [9.17, 15) is 4.79 Å². The van der Waals surface area contributed by atoms with Gasteiger partial charge >= 0.3 is 0 Å². The molecule has 6 nitrogen and oxygen atoms in total. The minimum absolute atomic E-state index is 0.159. The van der Waals surface area contributed by atoms with Gasteiger partial charge in [-0.2, -0.15) is 0 Å². The van der Waals surface area contributed by atoms with Gasteiger partial charge in [-0.3, -0.25) is 15.1 Å². The molecule has 3 aromatic rings. The number of nitrogens with one attached hydrogen (secondary N) is 1. The van der Waals surface area contributed by atoms with E-state index >= 15 is 0 Å². The van der Waals surface area contributed by atoms with Crippen molar-refractivity contribution in [1.82, 2.24) is 10.3 Å². The fraction of sp³-hybridized carbons (Fsp3) is 0.192. The SMILES string of the molecule is Cc1ccc(CSC2=NN3C(=c4ccccc4=N[C@H]3c3ccc(N(C)C)cc3)C(=O)N2)cc1. The number of thioether (sulfide) groups is 1. The average molecular weight is 456 g/mol. The van der Waals surface area contributed by atoms with Gasteiger partial charge in [0.15, 0.2) is 11.3 Å². The third kappa shape index (κ3) is 4.24. The van der Waals surface area contributed by atoms with Crippen LogP contribution in [0.1, 0.15) is 22.9 Å². The Kier molecular flexibility index (Phi) is 5.64. The van der Waals surface area contributed by atoms with Crippen LogP contribution in [0.25, 0.3) is 5.70 Å². The molecule has 1 atom stereocenters. The first-order chi connectivity index (χ1) is 16.0. The fourth-order valence-corrected chi connectivity index (χ4v) is 4.70. The first-order valence-electron chi connectivity index (χ1n) is 10.8. The second kappa shape index (κ2) is 8.75. The lowest BCUT2D eigenvalue weighted by molar-refractivity contribution is -0.116. The maximum Gasteiger partial charge on any atom is 0.276 e. The third-order valence-corrected chi connectivity index (χ3v) is 6.65. The van der Waals surface area contributed by atoms with E-state index in [1.807, 2.05) is 38.4 Å². The molecule has 0 aliphatic carbocycles. The van der Waals surface area contributed by atoms with Crippen molar-refractivity contribution in [2.75, 3.05) is 19.0 Å². The molecule has 0 saturated heterocycles. The van der Waals surface area contributed by atoms with E-state index in [4.69, 9.17) is 10.1 Å². The molecule has 0 unspecified atom stereocenters. The van der Waals surface area contributed by atoms with Crippen LogP contribution in [0.5, 0.6) is 0 Å². The first kappa shape index (κ1) is 21.3. The molecule has 2 aliphatic heterocycles. The van der Waals surface area contributed by atoms with E-state index in [1.165, 1.54) is 22.9 Å². The van der Waals surface area contributed by atoms with Crippen molar-refractivity contribution >= 4 is 34.2 Å². The Balaban J connectivity index is 1.53. The molecule has 33 heavy (non-hydrogen) atoms. The molecule has 2 heterocycles. The number of amidine groups is 1. The Morgan fingerprint density at radius 1 is 1.00 bits per heavy atom. The molecule has 0 radical (unpaired) electrons. The topological polar surface area (TPSA) is 60.3 Å². The van der Waals surface area contributed by atoms with Gasteiger partial charge in [-0.25, -0.2) is 5.01 Å². The number of carbonyl (C=O) groups is 1. The molecule has 0 aromatic heterocycles. The molecule has 1 N–H and O–H groups in total. The van der Waals surface area contributed by atoms with Gasteiger partial charge in [0, 0.05) is 30.8 Å². The summed E-state index contributed by atoms with van der Waals surface area (Å²) in [6.45, 7) is 2.07. The molecule has 0 saturated carbocycles. The number of rotatable bonds is 4. The molecule has 166 valence electrons. The molecule has 5 rings (SSSR count). The number of amides is 1. The van der Waals surface area contributed by atoms with Gasteiger partial charge in [-0.1, -0.05) is 71.9 Å². The fourth-order valence-electron chi connectivity index (χ4n) is 3.89. The second-order valence-corrected chi connectivity index (χ2v) is 9.30. The quantitative estimate of drug-likeness (QED) is 0.657. The number of hydrogen-bond acceptors (Lipinski definition) is 6.